The third-order valence-electron chi connectivity index (χ3n) is 4.42. The van der Waals surface area contributed by atoms with Crippen LogP contribution in [0.1, 0.15) is 27.2 Å². The number of benzene rings is 2. The van der Waals surface area contributed by atoms with Crippen LogP contribution in [0.4, 0.5) is 0 Å². The van der Waals surface area contributed by atoms with Crippen molar-refractivity contribution >= 4 is 17.8 Å². The lowest BCUT2D eigenvalue weighted by Gasteiger charge is -2.10. The molecule has 0 unspecified atom stereocenters. The second-order valence-corrected chi connectivity index (χ2v) is 6.40. The van der Waals surface area contributed by atoms with E-state index >= 15 is 0 Å². The third-order valence-corrected chi connectivity index (χ3v) is 4.42. The number of allylic oxidation sites excluding steroid dienone is 1. The lowest BCUT2D eigenvalue weighted by atomic mass is 10.1. The highest BCUT2D eigenvalue weighted by molar-refractivity contribution is 6.14. The molecule has 0 bridgehead atoms. The van der Waals surface area contributed by atoms with Crippen LogP contribution in [0, 0.1) is 6.92 Å². The molecule has 4 rings (SSSR count). The molecular formula is C23H17NO4. The fraction of sp³-hybridized carbons (Fsp3) is 0.0870. The minimum absolute atomic E-state index is 0.169. The minimum atomic E-state index is -0.372. The SMILES string of the molecule is Cc1c(OC(=O)Cc2ccccc2)ccc2c1O/C(=C\c1ccccn1)C2=O. The second kappa shape index (κ2) is 7.48. The molecule has 0 saturated carbocycles. The van der Waals surface area contributed by atoms with E-state index in [2.05, 4.69) is 4.98 Å². The van der Waals surface area contributed by atoms with Crippen LogP contribution >= 0.6 is 0 Å². The number of fused-ring (bicyclic) bond motifs is 1. The average Bonchev–Trinajstić information content (AvgIpc) is 3.02. The zero-order valence-corrected chi connectivity index (χ0v) is 15.2. The van der Waals surface area contributed by atoms with E-state index in [0.717, 1.165) is 5.56 Å². The van der Waals surface area contributed by atoms with Gasteiger partial charge in [0.15, 0.2) is 5.76 Å². The molecule has 5 heteroatoms. The van der Waals surface area contributed by atoms with Crippen molar-refractivity contribution in [3.05, 3.63) is 95.0 Å². The summed E-state index contributed by atoms with van der Waals surface area (Å²) in [5, 5.41) is 0. The molecule has 0 spiro atoms. The summed E-state index contributed by atoms with van der Waals surface area (Å²) in [6.45, 7) is 1.76. The number of pyridine rings is 1. The number of carbonyl (C=O) groups is 2. The first-order valence-electron chi connectivity index (χ1n) is 8.85. The van der Waals surface area contributed by atoms with Gasteiger partial charge in [-0.2, -0.15) is 0 Å². The van der Waals surface area contributed by atoms with Gasteiger partial charge in [-0.15, -0.1) is 0 Å². The van der Waals surface area contributed by atoms with E-state index in [1.807, 2.05) is 36.4 Å². The maximum absolute atomic E-state index is 12.6. The van der Waals surface area contributed by atoms with Gasteiger partial charge in [-0.1, -0.05) is 36.4 Å². The number of hydrogen-bond donors (Lipinski definition) is 0. The van der Waals surface area contributed by atoms with Crippen molar-refractivity contribution in [3.63, 3.8) is 0 Å². The van der Waals surface area contributed by atoms with E-state index in [0.29, 0.717) is 28.3 Å². The molecule has 2 aromatic carbocycles. The molecule has 0 N–H and O–H groups in total. The van der Waals surface area contributed by atoms with Crippen LogP contribution in [0.5, 0.6) is 11.5 Å². The van der Waals surface area contributed by atoms with Crippen molar-refractivity contribution < 1.29 is 19.1 Å². The molecule has 2 heterocycles. The standard InChI is InChI=1S/C23H17NO4/c1-15-19(27-21(25)13-16-7-3-2-4-8-16)11-10-18-22(26)20(28-23(15)18)14-17-9-5-6-12-24-17/h2-12,14H,13H2,1H3/b20-14-. The van der Waals surface area contributed by atoms with E-state index in [9.17, 15) is 9.59 Å². The quantitative estimate of drug-likeness (QED) is 0.391. The summed E-state index contributed by atoms with van der Waals surface area (Å²) in [5.41, 5.74) is 2.56. The number of hydrogen-bond acceptors (Lipinski definition) is 5. The smallest absolute Gasteiger partial charge is 0.315 e. The first-order chi connectivity index (χ1) is 13.6. The van der Waals surface area contributed by atoms with E-state index in [4.69, 9.17) is 9.47 Å². The van der Waals surface area contributed by atoms with Gasteiger partial charge >= 0.3 is 5.97 Å². The van der Waals surface area contributed by atoms with Crippen LogP contribution in [0.15, 0.2) is 72.6 Å². The van der Waals surface area contributed by atoms with Crippen molar-refractivity contribution in [1.82, 2.24) is 4.98 Å². The Morgan fingerprint density at radius 1 is 1.07 bits per heavy atom. The summed E-state index contributed by atoms with van der Waals surface area (Å²) in [6.07, 6.45) is 3.42. The lowest BCUT2D eigenvalue weighted by Crippen LogP contribution is -2.12. The molecule has 1 aromatic heterocycles. The predicted molar refractivity (Wildman–Crippen MR) is 104 cm³/mol. The summed E-state index contributed by atoms with van der Waals surface area (Å²) in [4.78, 5) is 29.0. The predicted octanol–water partition coefficient (Wildman–Crippen LogP) is 4.15. The molecule has 0 radical (unpaired) electrons. The van der Waals surface area contributed by atoms with Gasteiger partial charge in [0.1, 0.15) is 11.5 Å². The molecule has 28 heavy (non-hydrogen) atoms. The van der Waals surface area contributed by atoms with Gasteiger partial charge < -0.3 is 9.47 Å². The summed E-state index contributed by atoms with van der Waals surface area (Å²) in [6, 6.07) is 18.0. The third kappa shape index (κ3) is 3.55. The van der Waals surface area contributed by atoms with Crippen molar-refractivity contribution in [2.24, 2.45) is 0 Å². The molecule has 3 aromatic rings. The Morgan fingerprint density at radius 2 is 1.86 bits per heavy atom. The Kier molecular flexibility index (Phi) is 4.72. The van der Waals surface area contributed by atoms with Gasteiger partial charge in [0.05, 0.1) is 17.7 Å². The second-order valence-electron chi connectivity index (χ2n) is 6.40. The van der Waals surface area contributed by atoms with Crippen molar-refractivity contribution in [2.45, 2.75) is 13.3 Å². The molecule has 5 nitrogen and oxygen atoms in total. The van der Waals surface area contributed by atoms with E-state index < -0.39 is 0 Å². The van der Waals surface area contributed by atoms with Crippen molar-refractivity contribution in [3.8, 4) is 11.5 Å². The van der Waals surface area contributed by atoms with Crippen LogP contribution in [0.2, 0.25) is 0 Å². The molecule has 138 valence electrons. The monoisotopic (exact) mass is 371 g/mol. The summed E-state index contributed by atoms with van der Waals surface area (Å²) in [7, 11) is 0. The van der Waals surface area contributed by atoms with Crippen LogP contribution in [0.3, 0.4) is 0 Å². The lowest BCUT2D eigenvalue weighted by molar-refractivity contribution is -0.133. The van der Waals surface area contributed by atoms with Crippen LogP contribution in [0.25, 0.3) is 6.08 Å². The van der Waals surface area contributed by atoms with E-state index in [1.54, 1.807) is 43.5 Å². The largest absolute Gasteiger partial charge is 0.452 e. The first-order valence-corrected chi connectivity index (χ1v) is 8.85. The van der Waals surface area contributed by atoms with Crippen molar-refractivity contribution in [2.75, 3.05) is 0 Å². The zero-order chi connectivity index (χ0) is 19.5. The van der Waals surface area contributed by atoms with Crippen LogP contribution in [-0.4, -0.2) is 16.7 Å². The van der Waals surface area contributed by atoms with Gasteiger partial charge in [0, 0.05) is 17.8 Å². The van der Waals surface area contributed by atoms with Gasteiger partial charge in [-0.25, -0.2) is 0 Å². The summed E-state index contributed by atoms with van der Waals surface area (Å²) >= 11 is 0. The van der Waals surface area contributed by atoms with Gasteiger partial charge in [0.2, 0.25) is 5.78 Å². The number of Topliss-reactive ketones (excluding diaryl/α,β-unsaturated/α-hetero) is 1. The van der Waals surface area contributed by atoms with Crippen LogP contribution < -0.4 is 9.47 Å². The fourth-order valence-corrected chi connectivity index (χ4v) is 3.00. The molecule has 0 aliphatic carbocycles. The van der Waals surface area contributed by atoms with Crippen LogP contribution in [-0.2, 0) is 11.2 Å². The number of esters is 1. The highest BCUT2D eigenvalue weighted by atomic mass is 16.5. The number of ketones is 1. The van der Waals surface area contributed by atoms with Gasteiger partial charge in [0.25, 0.3) is 0 Å². The Balaban J connectivity index is 1.55. The van der Waals surface area contributed by atoms with E-state index in [-0.39, 0.29) is 23.9 Å². The van der Waals surface area contributed by atoms with E-state index in [1.165, 1.54) is 0 Å². The van der Waals surface area contributed by atoms with Gasteiger partial charge in [-0.3, -0.25) is 14.6 Å². The minimum Gasteiger partial charge on any atom is -0.452 e. The molecule has 0 saturated heterocycles. The van der Waals surface area contributed by atoms with Gasteiger partial charge in [-0.05, 0) is 36.8 Å². The summed E-state index contributed by atoms with van der Waals surface area (Å²) < 4.78 is 11.3. The maximum Gasteiger partial charge on any atom is 0.315 e. The molecule has 0 atom stereocenters. The highest BCUT2D eigenvalue weighted by Gasteiger charge is 2.30. The zero-order valence-electron chi connectivity index (χ0n) is 15.2. The number of carbonyl (C=O) groups excluding carboxylic acids is 2. The highest BCUT2D eigenvalue weighted by Crippen LogP contribution is 2.39. The molecular weight excluding hydrogens is 354 g/mol. The topological polar surface area (TPSA) is 65.5 Å². The maximum atomic E-state index is 12.6. The number of aromatic nitrogens is 1. The molecule has 1 aliphatic heterocycles. The Bertz CT molecular complexity index is 1070. The Morgan fingerprint density at radius 3 is 2.61 bits per heavy atom. The molecule has 0 fully saturated rings. The number of nitrogens with zero attached hydrogens (tertiary/aromatic N) is 1. The first kappa shape index (κ1) is 17.7. The Hall–Kier alpha value is -3.73. The fourth-order valence-electron chi connectivity index (χ4n) is 3.00. The summed E-state index contributed by atoms with van der Waals surface area (Å²) in [5.74, 6) is 0.405. The van der Waals surface area contributed by atoms with Crippen molar-refractivity contribution in [1.29, 1.82) is 0 Å². The number of rotatable bonds is 4. The average molecular weight is 371 g/mol. The number of ether oxygens (including phenoxy) is 2. The molecule has 1 aliphatic rings. The molecule has 0 amide bonds. The normalized spacial score (nSPS) is 13.9. The Labute approximate surface area is 162 Å².